The number of carbonyl (C=O) groups excluding carboxylic acids is 1. The van der Waals surface area contributed by atoms with Gasteiger partial charge in [0.2, 0.25) is 5.91 Å². The molecule has 5 rings (SSSR count). The summed E-state index contributed by atoms with van der Waals surface area (Å²) in [5.74, 6) is -0.128. The summed E-state index contributed by atoms with van der Waals surface area (Å²) in [7, 11) is 0. The lowest BCUT2D eigenvalue weighted by molar-refractivity contribution is -0.384. The van der Waals surface area contributed by atoms with Crippen LogP contribution in [0.5, 0.6) is 0 Å². The van der Waals surface area contributed by atoms with Crippen molar-refractivity contribution in [2.45, 2.75) is 44.2 Å². The number of benzene rings is 1. The monoisotopic (exact) mass is 457 g/mol. The van der Waals surface area contributed by atoms with Gasteiger partial charge in [0.15, 0.2) is 0 Å². The molecular formula is C24H35N5O4. The number of ether oxygens (including phenoxy) is 1. The van der Waals surface area contributed by atoms with Crippen LogP contribution < -0.4 is 10.2 Å². The van der Waals surface area contributed by atoms with Gasteiger partial charge in [-0.25, -0.2) is 0 Å². The Labute approximate surface area is 195 Å². The molecule has 1 N–H and O–H groups in total. The molecule has 3 aliphatic heterocycles. The number of carbonyl (C=O) groups is 1. The summed E-state index contributed by atoms with van der Waals surface area (Å²) in [6.45, 7) is 7.50. The van der Waals surface area contributed by atoms with Gasteiger partial charge >= 0.3 is 0 Å². The first kappa shape index (κ1) is 22.6. The maximum atomic E-state index is 13.4. The Morgan fingerprint density at radius 3 is 2.70 bits per heavy atom. The molecule has 0 aromatic heterocycles. The Kier molecular flexibility index (Phi) is 6.80. The van der Waals surface area contributed by atoms with Gasteiger partial charge in [0, 0.05) is 69.7 Å². The zero-order valence-corrected chi connectivity index (χ0v) is 19.3. The highest BCUT2D eigenvalue weighted by molar-refractivity contribution is 5.82. The Morgan fingerprint density at radius 1 is 1.15 bits per heavy atom. The molecule has 0 radical (unpaired) electrons. The van der Waals surface area contributed by atoms with Crippen LogP contribution in [-0.2, 0) is 16.0 Å². The minimum Gasteiger partial charge on any atom is -0.379 e. The van der Waals surface area contributed by atoms with Crippen molar-refractivity contribution >= 4 is 17.3 Å². The van der Waals surface area contributed by atoms with Crippen LogP contribution in [0.1, 0.15) is 31.2 Å². The van der Waals surface area contributed by atoms with Crippen molar-refractivity contribution in [2.75, 3.05) is 63.9 Å². The lowest BCUT2D eigenvalue weighted by Crippen LogP contribution is -2.62. The Balaban J connectivity index is 1.32. The van der Waals surface area contributed by atoms with Crippen LogP contribution in [0.2, 0.25) is 0 Å². The summed E-state index contributed by atoms with van der Waals surface area (Å²) in [6, 6.07) is 5.90. The number of hydrogen-bond acceptors (Lipinski definition) is 7. The fraction of sp³-hybridized carbons (Fsp3) is 0.708. The van der Waals surface area contributed by atoms with E-state index in [-0.39, 0.29) is 28.5 Å². The normalized spacial score (nSPS) is 26.6. The van der Waals surface area contributed by atoms with Gasteiger partial charge < -0.3 is 15.0 Å². The fourth-order valence-electron chi connectivity index (χ4n) is 6.14. The second kappa shape index (κ2) is 9.95. The predicted molar refractivity (Wildman–Crippen MR) is 126 cm³/mol. The standard InChI is InChI=1S/C24H35N5O4/c30-24(25-7-8-26-11-13-33-14-12-26)21-16-18-15-20(29(31)32)5-6-22(18)28-10-9-27(17-23(21)28)19-3-1-2-4-19/h5-6,15,19,21,23H,1-4,7-14,16-17H2,(H,25,30)/t21-,23-/m0/s1. The SMILES string of the molecule is O=C(NCCN1CCOCC1)[C@H]1Cc2cc([N+](=O)[O-])ccc2N2CCN(C3CCCC3)C[C@@H]12. The fourth-order valence-corrected chi connectivity index (χ4v) is 6.14. The van der Waals surface area contributed by atoms with Crippen molar-refractivity contribution in [1.29, 1.82) is 0 Å². The molecule has 9 heteroatoms. The molecule has 0 bridgehead atoms. The molecule has 180 valence electrons. The zero-order chi connectivity index (χ0) is 22.8. The van der Waals surface area contributed by atoms with Crippen molar-refractivity contribution in [3.63, 3.8) is 0 Å². The van der Waals surface area contributed by atoms with Gasteiger partial charge in [0.05, 0.1) is 30.1 Å². The predicted octanol–water partition coefficient (Wildman–Crippen LogP) is 1.65. The van der Waals surface area contributed by atoms with E-state index in [9.17, 15) is 14.9 Å². The van der Waals surface area contributed by atoms with Crippen molar-refractivity contribution in [3.8, 4) is 0 Å². The number of piperazine rings is 1. The average Bonchev–Trinajstić information content (AvgIpc) is 3.38. The van der Waals surface area contributed by atoms with E-state index in [1.165, 1.54) is 25.7 Å². The number of non-ortho nitro benzene ring substituents is 1. The van der Waals surface area contributed by atoms with Gasteiger partial charge in [-0.05, 0) is 30.9 Å². The Morgan fingerprint density at radius 2 is 1.94 bits per heavy atom. The molecule has 9 nitrogen and oxygen atoms in total. The Bertz CT molecular complexity index is 868. The second-order valence-electron chi connectivity index (χ2n) is 9.82. The summed E-state index contributed by atoms with van der Waals surface area (Å²) < 4.78 is 5.41. The lowest BCUT2D eigenvalue weighted by Gasteiger charge is -2.50. The van der Waals surface area contributed by atoms with Crippen LogP contribution in [-0.4, -0.2) is 91.7 Å². The highest BCUT2D eigenvalue weighted by atomic mass is 16.6. The van der Waals surface area contributed by atoms with Crippen LogP contribution in [0.4, 0.5) is 11.4 Å². The van der Waals surface area contributed by atoms with Crippen molar-refractivity contribution < 1.29 is 14.5 Å². The minimum atomic E-state index is -0.345. The van der Waals surface area contributed by atoms with E-state index in [2.05, 4.69) is 20.0 Å². The third-order valence-corrected chi connectivity index (χ3v) is 7.95. The van der Waals surface area contributed by atoms with Crippen molar-refractivity contribution in [1.82, 2.24) is 15.1 Å². The highest BCUT2D eigenvalue weighted by Gasteiger charge is 2.43. The third-order valence-electron chi connectivity index (χ3n) is 7.95. The van der Waals surface area contributed by atoms with E-state index in [4.69, 9.17) is 4.74 Å². The number of fused-ring (bicyclic) bond motifs is 3. The van der Waals surface area contributed by atoms with Crippen LogP contribution in [0, 0.1) is 16.0 Å². The maximum absolute atomic E-state index is 13.4. The molecule has 0 spiro atoms. The smallest absolute Gasteiger partial charge is 0.269 e. The number of rotatable bonds is 6. The maximum Gasteiger partial charge on any atom is 0.269 e. The molecule has 2 saturated heterocycles. The van der Waals surface area contributed by atoms with Gasteiger partial charge in [0.1, 0.15) is 0 Å². The number of amides is 1. The van der Waals surface area contributed by atoms with Crippen molar-refractivity contribution in [3.05, 3.63) is 33.9 Å². The molecule has 1 amide bonds. The molecule has 1 aliphatic carbocycles. The molecule has 3 heterocycles. The lowest BCUT2D eigenvalue weighted by atomic mass is 9.83. The number of nitrogens with zero attached hydrogens (tertiary/aromatic N) is 4. The summed E-state index contributed by atoms with van der Waals surface area (Å²) in [5, 5.41) is 14.5. The van der Waals surface area contributed by atoms with Crippen LogP contribution >= 0.6 is 0 Å². The Hall–Kier alpha value is -2.23. The summed E-state index contributed by atoms with van der Waals surface area (Å²) in [5.41, 5.74) is 2.08. The van der Waals surface area contributed by atoms with Gasteiger partial charge in [-0.15, -0.1) is 0 Å². The molecule has 1 aromatic carbocycles. The second-order valence-corrected chi connectivity index (χ2v) is 9.82. The molecule has 1 aromatic rings. The number of nitro benzene ring substituents is 1. The van der Waals surface area contributed by atoms with E-state index in [0.29, 0.717) is 19.0 Å². The topological polar surface area (TPSA) is 91.2 Å². The van der Waals surface area contributed by atoms with Gasteiger partial charge in [-0.1, -0.05) is 12.8 Å². The van der Waals surface area contributed by atoms with Crippen LogP contribution in [0.3, 0.4) is 0 Å². The molecular weight excluding hydrogens is 422 g/mol. The highest BCUT2D eigenvalue weighted by Crippen LogP contribution is 2.39. The first-order valence-electron chi connectivity index (χ1n) is 12.5. The quantitative estimate of drug-likeness (QED) is 0.513. The minimum absolute atomic E-state index is 0.0729. The third kappa shape index (κ3) is 4.85. The molecule has 0 unspecified atom stereocenters. The van der Waals surface area contributed by atoms with Crippen molar-refractivity contribution in [2.24, 2.45) is 5.92 Å². The number of anilines is 1. The molecule has 2 atom stereocenters. The van der Waals surface area contributed by atoms with E-state index in [0.717, 1.165) is 63.7 Å². The zero-order valence-electron chi connectivity index (χ0n) is 19.3. The molecule has 4 aliphatic rings. The molecule has 33 heavy (non-hydrogen) atoms. The number of nitrogens with one attached hydrogen (secondary N) is 1. The largest absolute Gasteiger partial charge is 0.379 e. The molecule has 1 saturated carbocycles. The van der Waals surface area contributed by atoms with E-state index >= 15 is 0 Å². The van der Waals surface area contributed by atoms with E-state index < -0.39 is 0 Å². The summed E-state index contributed by atoms with van der Waals surface area (Å²) in [4.78, 5) is 31.7. The summed E-state index contributed by atoms with van der Waals surface area (Å²) >= 11 is 0. The van der Waals surface area contributed by atoms with Crippen LogP contribution in [0.15, 0.2) is 18.2 Å². The first-order valence-corrected chi connectivity index (χ1v) is 12.5. The summed E-state index contributed by atoms with van der Waals surface area (Å²) in [6.07, 6.45) is 5.67. The van der Waals surface area contributed by atoms with Crippen LogP contribution in [0.25, 0.3) is 0 Å². The van der Waals surface area contributed by atoms with Gasteiger partial charge in [-0.2, -0.15) is 0 Å². The van der Waals surface area contributed by atoms with Gasteiger partial charge in [-0.3, -0.25) is 24.7 Å². The van der Waals surface area contributed by atoms with E-state index in [1.807, 2.05) is 6.07 Å². The first-order chi connectivity index (χ1) is 16.1. The van der Waals surface area contributed by atoms with Gasteiger partial charge in [0.25, 0.3) is 5.69 Å². The average molecular weight is 458 g/mol. The number of nitro groups is 1. The number of morpholine rings is 1. The van der Waals surface area contributed by atoms with E-state index in [1.54, 1.807) is 12.1 Å². The molecule has 3 fully saturated rings. The number of hydrogen-bond donors (Lipinski definition) is 1.